The van der Waals surface area contributed by atoms with Crippen molar-refractivity contribution in [2.24, 2.45) is 17.8 Å². The van der Waals surface area contributed by atoms with Crippen LogP contribution in [0.15, 0.2) is 30.8 Å². The minimum absolute atomic E-state index is 0.181. The van der Waals surface area contributed by atoms with E-state index in [9.17, 15) is 4.79 Å². The molecule has 0 aliphatic heterocycles. The maximum Gasteiger partial charge on any atom is 0.412 e. The highest BCUT2D eigenvalue weighted by molar-refractivity contribution is 5.85. The largest absolute Gasteiger partial charge is 0.443 e. The first-order valence-electron chi connectivity index (χ1n) is 8.37. The van der Waals surface area contributed by atoms with Crippen LogP contribution >= 0.6 is 0 Å². The van der Waals surface area contributed by atoms with Crippen LogP contribution in [-0.2, 0) is 4.74 Å². The number of carbonyl (C=O) groups is 1. The summed E-state index contributed by atoms with van der Waals surface area (Å²) in [5.74, 6) is 2.35. The summed E-state index contributed by atoms with van der Waals surface area (Å²) in [7, 11) is 0. The van der Waals surface area contributed by atoms with Gasteiger partial charge >= 0.3 is 6.09 Å². The fourth-order valence-electron chi connectivity index (χ4n) is 5.20. The molecule has 3 nitrogen and oxygen atoms in total. The second-order valence-corrected chi connectivity index (χ2v) is 7.44. The van der Waals surface area contributed by atoms with Gasteiger partial charge in [-0.2, -0.15) is 0 Å². The van der Waals surface area contributed by atoms with Crippen LogP contribution in [0.2, 0.25) is 0 Å². The Morgan fingerprint density at radius 1 is 1.09 bits per heavy atom. The van der Waals surface area contributed by atoms with Crippen molar-refractivity contribution in [3.8, 4) is 0 Å². The molecular formula is C19H23NO2. The average molecular weight is 297 g/mol. The highest BCUT2D eigenvalue weighted by Crippen LogP contribution is 2.57. The summed E-state index contributed by atoms with van der Waals surface area (Å²) >= 11 is 0. The minimum atomic E-state index is -0.298. The molecular weight excluding hydrogens is 274 g/mol. The zero-order valence-electron chi connectivity index (χ0n) is 12.9. The lowest BCUT2D eigenvalue weighted by atomic mass is 9.54. The summed E-state index contributed by atoms with van der Waals surface area (Å²) in [5, 5.41) is 2.87. The molecule has 5 rings (SSSR count). The van der Waals surface area contributed by atoms with Gasteiger partial charge in [0, 0.05) is 5.69 Å². The van der Waals surface area contributed by atoms with Crippen molar-refractivity contribution in [2.75, 3.05) is 5.32 Å². The number of ether oxygens (including phenoxy) is 1. The molecule has 4 aliphatic carbocycles. The van der Waals surface area contributed by atoms with Crippen LogP contribution in [0.5, 0.6) is 0 Å². The quantitative estimate of drug-likeness (QED) is 0.866. The Hall–Kier alpha value is -1.77. The molecule has 0 spiro atoms. The van der Waals surface area contributed by atoms with Gasteiger partial charge in [0.2, 0.25) is 0 Å². The van der Waals surface area contributed by atoms with Crippen LogP contribution in [0.3, 0.4) is 0 Å². The van der Waals surface area contributed by atoms with Gasteiger partial charge in [0.05, 0.1) is 0 Å². The van der Waals surface area contributed by atoms with Crippen LogP contribution in [0.1, 0.15) is 44.1 Å². The van der Waals surface area contributed by atoms with Crippen molar-refractivity contribution < 1.29 is 9.53 Å². The lowest BCUT2D eigenvalue weighted by molar-refractivity contribution is -0.124. The first-order valence-corrected chi connectivity index (χ1v) is 8.37. The van der Waals surface area contributed by atoms with E-state index in [1.165, 1.54) is 19.3 Å². The molecule has 3 heteroatoms. The molecule has 4 fully saturated rings. The molecule has 0 atom stereocenters. The summed E-state index contributed by atoms with van der Waals surface area (Å²) in [6.45, 7) is 3.73. The lowest BCUT2D eigenvalue weighted by Crippen LogP contribution is -2.53. The van der Waals surface area contributed by atoms with Gasteiger partial charge in [-0.1, -0.05) is 24.8 Å². The van der Waals surface area contributed by atoms with E-state index in [0.29, 0.717) is 0 Å². The molecule has 0 radical (unpaired) electrons. The Balaban J connectivity index is 1.42. The normalized spacial score (nSPS) is 35.2. The van der Waals surface area contributed by atoms with Crippen LogP contribution in [0.25, 0.3) is 6.08 Å². The van der Waals surface area contributed by atoms with Gasteiger partial charge in [0.25, 0.3) is 0 Å². The first kappa shape index (κ1) is 13.9. The van der Waals surface area contributed by atoms with Crippen LogP contribution < -0.4 is 5.32 Å². The maximum atomic E-state index is 12.3. The number of hydrogen-bond donors (Lipinski definition) is 1. The van der Waals surface area contributed by atoms with Gasteiger partial charge in [0.1, 0.15) is 5.60 Å². The molecule has 1 N–H and O–H groups in total. The van der Waals surface area contributed by atoms with E-state index in [1.54, 1.807) is 6.08 Å². The number of nitrogens with one attached hydrogen (secondary N) is 1. The van der Waals surface area contributed by atoms with Crippen molar-refractivity contribution in [3.63, 3.8) is 0 Å². The number of carbonyl (C=O) groups excluding carboxylic acids is 1. The van der Waals surface area contributed by atoms with Crippen molar-refractivity contribution in [1.82, 2.24) is 0 Å². The summed E-state index contributed by atoms with van der Waals surface area (Å²) in [6, 6.07) is 7.65. The van der Waals surface area contributed by atoms with Crippen molar-refractivity contribution in [1.29, 1.82) is 0 Å². The highest BCUT2D eigenvalue weighted by Gasteiger charge is 2.53. The van der Waals surface area contributed by atoms with Gasteiger partial charge in [-0.25, -0.2) is 4.79 Å². The first-order chi connectivity index (χ1) is 10.6. The zero-order valence-corrected chi connectivity index (χ0v) is 12.9. The predicted molar refractivity (Wildman–Crippen MR) is 87.5 cm³/mol. The van der Waals surface area contributed by atoms with Gasteiger partial charge in [-0.15, -0.1) is 0 Å². The summed E-state index contributed by atoms with van der Waals surface area (Å²) in [5.41, 5.74) is 1.64. The van der Waals surface area contributed by atoms with Gasteiger partial charge < -0.3 is 4.74 Å². The molecule has 0 unspecified atom stereocenters. The maximum absolute atomic E-state index is 12.3. The topological polar surface area (TPSA) is 38.3 Å². The van der Waals surface area contributed by atoms with E-state index in [4.69, 9.17) is 4.74 Å². The van der Waals surface area contributed by atoms with Gasteiger partial charge in [0.15, 0.2) is 0 Å². The second kappa shape index (κ2) is 5.15. The van der Waals surface area contributed by atoms with Crippen LogP contribution in [0.4, 0.5) is 10.5 Å². The minimum Gasteiger partial charge on any atom is -0.443 e. The Labute approximate surface area is 131 Å². The summed E-state index contributed by atoms with van der Waals surface area (Å²) in [6.07, 6.45) is 8.77. The van der Waals surface area contributed by atoms with E-state index in [1.807, 2.05) is 24.3 Å². The lowest BCUT2D eigenvalue weighted by Gasteiger charge is -2.55. The summed E-state index contributed by atoms with van der Waals surface area (Å²) < 4.78 is 5.94. The van der Waals surface area contributed by atoms with Crippen LogP contribution in [-0.4, -0.2) is 11.7 Å². The molecule has 4 bridgehead atoms. The smallest absolute Gasteiger partial charge is 0.412 e. The molecule has 1 amide bonds. The summed E-state index contributed by atoms with van der Waals surface area (Å²) in [4.78, 5) is 12.3. The molecule has 0 aromatic heterocycles. The Bertz CT molecular complexity index is 555. The third-order valence-electron chi connectivity index (χ3n) is 5.68. The van der Waals surface area contributed by atoms with E-state index >= 15 is 0 Å². The molecule has 0 heterocycles. The van der Waals surface area contributed by atoms with E-state index in [0.717, 1.165) is 48.3 Å². The molecule has 4 saturated carbocycles. The molecule has 0 saturated heterocycles. The van der Waals surface area contributed by atoms with Crippen molar-refractivity contribution in [3.05, 3.63) is 36.4 Å². The number of hydrogen-bond acceptors (Lipinski definition) is 2. The second-order valence-electron chi connectivity index (χ2n) is 7.44. The Morgan fingerprint density at radius 2 is 1.64 bits per heavy atom. The Morgan fingerprint density at radius 3 is 2.14 bits per heavy atom. The number of amides is 1. The molecule has 1 aromatic carbocycles. The fourth-order valence-corrected chi connectivity index (χ4v) is 5.20. The molecule has 116 valence electrons. The monoisotopic (exact) mass is 297 g/mol. The van der Waals surface area contributed by atoms with Gasteiger partial charge in [-0.05, 0) is 74.0 Å². The standard InChI is InChI=1S/C19H23NO2/c1-2-13-3-5-17(6-4-13)20-18(21)22-19-10-14-7-15(11-19)9-16(8-14)12-19/h2-6,14-16H,1,7-12H2,(H,20,21). The highest BCUT2D eigenvalue weighted by atomic mass is 16.6. The van der Waals surface area contributed by atoms with Crippen molar-refractivity contribution >= 4 is 17.9 Å². The van der Waals surface area contributed by atoms with E-state index < -0.39 is 0 Å². The van der Waals surface area contributed by atoms with Crippen LogP contribution in [0, 0.1) is 17.8 Å². The third kappa shape index (κ3) is 2.53. The van der Waals surface area contributed by atoms with Gasteiger partial charge in [-0.3, -0.25) is 5.32 Å². The van der Waals surface area contributed by atoms with E-state index in [2.05, 4.69) is 11.9 Å². The SMILES string of the molecule is C=Cc1ccc(NC(=O)OC23CC4CC(CC(C4)C2)C3)cc1. The number of anilines is 1. The molecule has 4 aliphatic rings. The Kier molecular flexibility index (Phi) is 3.24. The molecule has 1 aromatic rings. The molecule has 22 heavy (non-hydrogen) atoms. The number of benzene rings is 1. The van der Waals surface area contributed by atoms with Crippen molar-refractivity contribution in [2.45, 2.75) is 44.1 Å². The predicted octanol–water partition coefficient (Wildman–Crippen LogP) is 4.85. The fraction of sp³-hybridized carbons (Fsp3) is 0.526. The third-order valence-corrected chi connectivity index (χ3v) is 5.68. The number of rotatable bonds is 3. The average Bonchev–Trinajstić information content (AvgIpc) is 2.45. The zero-order chi connectivity index (χ0) is 15.2. The van der Waals surface area contributed by atoms with E-state index in [-0.39, 0.29) is 11.7 Å².